The van der Waals surface area contributed by atoms with Gasteiger partial charge in [-0.05, 0) is 42.7 Å². The molecular formula is C21H20ClN5O2. The van der Waals surface area contributed by atoms with Crippen molar-refractivity contribution in [3.63, 3.8) is 0 Å². The summed E-state index contributed by atoms with van der Waals surface area (Å²) in [6, 6.07) is 11.2. The molecule has 1 saturated carbocycles. The lowest BCUT2D eigenvalue weighted by atomic mass is 10.2. The standard InChI is InChI=1S/C21H20ClN5O2/c22-18-6-2-1-4-15(18)7-10-19(28)24-12-13-26-21(29)27(17-8-9-17)20(25-26)16-5-3-11-23-14-16/h1-7,10-11,14,17H,8-9,12-13H2,(H,24,28)/b10-7+. The van der Waals surface area contributed by atoms with Crippen LogP contribution in [0.1, 0.15) is 24.4 Å². The van der Waals surface area contributed by atoms with E-state index >= 15 is 0 Å². The second-order valence-electron chi connectivity index (χ2n) is 6.82. The van der Waals surface area contributed by atoms with Crippen LogP contribution in [0.15, 0.2) is 59.7 Å². The zero-order valence-corrected chi connectivity index (χ0v) is 16.4. The molecule has 4 rings (SSSR count). The molecule has 7 nitrogen and oxygen atoms in total. The minimum atomic E-state index is -0.257. The van der Waals surface area contributed by atoms with Crippen molar-refractivity contribution in [3.05, 3.63) is 75.9 Å². The van der Waals surface area contributed by atoms with Gasteiger partial charge in [0.1, 0.15) is 0 Å². The number of amides is 1. The van der Waals surface area contributed by atoms with Gasteiger partial charge >= 0.3 is 5.69 Å². The molecule has 0 saturated heterocycles. The van der Waals surface area contributed by atoms with Crippen molar-refractivity contribution >= 4 is 23.6 Å². The number of hydrogen-bond acceptors (Lipinski definition) is 4. The summed E-state index contributed by atoms with van der Waals surface area (Å²) in [6.07, 6.45) is 8.42. The highest BCUT2D eigenvalue weighted by Gasteiger charge is 2.30. The van der Waals surface area contributed by atoms with Gasteiger partial charge in [-0.2, -0.15) is 0 Å². The lowest BCUT2D eigenvalue weighted by Gasteiger charge is -2.02. The molecule has 2 aromatic heterocycles. The van der Waals surface area contributed by atoms with Crippen LogP contribution in [0.25, 0.3) is 17.5 Å². The molecule has 1 aromatic carbocycles. The van der Waals surface area contributed by atoms with Crippen LogP contribution in [0.5, 0.6) is 0 Å². The van der Waals surface area contributed by atoms with Gasteiger partial charge in [0, 0.05) is 41.6 Å². The summed E-state index contributed by atoms with van der Waals surface area (Å²) in [5.41, 5.74) is 1.42. The molecule has 148 valence electrons. The van der Waals surface area contributed by atoms with Gasteiger partial charge in [-0.25, -0.2) is 9.48 Å². The second kappa shape index (κ2) is 8.45. The number of aromatic nitrogens is 4. The van der Waals surface area contributed by atoms with E-state index in [1.807, 2.05) is 30.3 Å². The maximum Gasteiger partial charge on any atom is 0.346 e. The summed E-state index contributed by atoms with van der Waals surface area (Å²) < 4.78 is 3.13. The molecule has 0 spiro atoms. The van der Waals surface area contributed by atoms with E-state index in [1.54, 1.807) is 29.1 Å². The van der Waals surface area contributed by atoms with E-state index in [2.05, 4.69) is 15.4 Å². The van der Waals surface area contributed by atoms with Crippen LogP contribution in [0, 0.1) is 0 Å². The van der Waals surface area contributed by atoms with Crippen LogP contribution in [-0.2, 0) is 11.3 Å². The first-order chi connectivity index (χ1) is 14.1. The maximum atomic E-state index is 12.8. The second-order valence-corrected chi connectivity index (χ2v) is 7.23. The van der Waals surface area contributed by atoms with E-state index < -0.39 is 0 Å². The predicted molar refractivity (Wildman–Crippen MR) is 111 cm³/mol. The number of nitrogens with zero attached hydrogens (tertiary/aromatic N) is 4. The number of rotatable bonds is 7. The van der Waals surface area contributed by atoms with Crippen LogP contribution < -0.4 is 11.0 Å². The Morgan fingerprint density at radius 2 is 2.07 bits per heavy atom. The Balaban J connectivity index is 1.42. The molecule has 1 amide bonds. The maximum absolute atomic E-state index is 12.8. The average Bonchev–Trinajstić information content (AvgIpc) is 3.52. The summed E-state index contributed by atoms with van der Waals surface area (Å²) in [5.74, 6) is 0.364. The Morgan fingerprint density at radius 3 is 2.79 bits per heavy atom. The molecule has 8 heteroatoms. The van der Waals surface area contributed by atoms with Crippen LogP contribution in [0.3, 0.4) is 0 Å². The Labute approximate surface area is 172 Å². The highest BCUT2D eigenvalue weighted by molar-refractivity contribution is 6.32. The van der Waals surface area contributed by atoms with Gasteiger partial charge in [0.05, 0.1) is 6.54 Å². The molecule has 1 N–H and O–H groups in total. The van der Waals surface area contributed by atoms with E-state index in [9.17, 15) is 9.59 Å². The molecule has 1 aliphatic carbocycles. The van der Waals surface area contributed by atoms with E-state index in [0.29, 0.717) is 17.4 Å². The highest BCUT2D eigenvalue weighted by Crippen LogP contribution is 2.36. The molecule has 0 radical (unpaired) electrons. The molecule has 29 heavy (non-hydrogen) atoms. The number of nitrogens with one attached hydrogen (secondary N) is 1. The summed E-state index contributed by atoms with van der Waals surface area (Å²) in [7, 11) is 0. The van der Waals surface area contributed by atoms with Crippen molar-refractivity contribution in [2.24, 2.45) is 0 Å². The fraction of sp³-hybridized carbons (Fsp3) is 0.238. The van der Waals surface area contributed by atoms with Gasteiger partial charge in [-0.1, -0.05) is 29.8 Å². The number of carbonyl (C=O) groups excluding carboxylic acids is 1. The number of hydrogen-bond donors (Lipinski definition) is 1. The van der Waals surface area contributed by atoms with Crippen molar-refractivity contribution in [2.75, 3.05) is 6.54 Å². The van der Waals surface area contributed by atoms with Gasteiger partial charge < -0.3 is 5.32 Å². The van der Waals surface area contributed by atoms with Crippen LogP contribution in [0.2, 0.25) is 5.02 Å². The molecule has 3 aromatic rings. The smallest absolute Gasteiger partial charge is 0.346 e. The summed E-state index contributed by atoms with van der Waals surface area (Å²) in [5, 5.41) is 7.84. The summed E-state index contributed by atoms with van der Waals surface area (Å²) >= 11 is 6.07. The Kier molecular flexibility index (Phi) is 5.57. The summed E-state index contributed by atoms with van der Waals surface area (Å²) in [6.45, 7) is 0.581. The highest BCUT2D eigenvalue weighted by atomic mass is 35.5. The fourth-order valence-corrected chi connectivity index (χ4v) is 3.24. The molecule has 0 bridgehead atoms. The first-order valence-corrected chi connectivity index (χ1v) is 9.81. The molecular weight excluding hydrogens is 390 g/mol. The van der Waals surface area contributed by atoms with Crippen molar-refractivity contribution in [1.29, 1.82) is 0 Å². The van der Waals surface area contributed by atoms with Gasteiger partial charge in [-0.3, -0.25) is 14.3 Å². The molecule has 0 unspecified atom stereocenters. The van der Waals surface area contributed by atoms with Crippen LogP contribution in [-0.4, -0.2) is 31.8 Å². The molecule has 1 fully saturated rings. The molecule has 0 aliphatic heterocycles. The quantitative estimate of drug-likeness (QED) is 0.608. The molecule has 1 aliphatic rings. The largest absolute Gasteiger partial charge is 0.351 e. The predicted octanol–water partition coefficient (Wildman–Crippen LogP) is 2.92. The first kappa shape index (κ1) is 19.1. The third-order valence-electron chi connectivity index (χ3n) is 4.64. The van der Waals surface area contributed by atoms with Gasteiger partial charge in [-0.15, -0.1) is 5.10 Å². The normalized spacial score (nSPS) is 13.7. The van der Waals surface area contributed by atoms with Crippen molar-refractivity contribution < 1.29 is 4.79 Å². The lowest BCUT2D eigenvalue weighted by Crippen LogP contribution is -2.31. The van der Waals surface area contributed by atoms with Crippen molar-refractivity contribution in [2.45, 2.75) is 25.4 Å². The Hall–Kier alpha value is -3.19. The lowest BCUT2D eigenvalue weighted by molar-refractivity contribution is -0.116. The minimum Gasteiger partial charge on any atom is -0.351 e. The average molecular weight is 410 g/mol. The monoisotopic (exact) mass is 409 g/mol. The van der Waals surface area contributed by atoms with Gasteiger partial charge in [0.15, 0.2) is 5.82 Å². The van der Waals surface area contributed by atoms with Crippen LogP contribution in [0.4, 0.5) is 0 Å². The zero-order chi connectivity index (χ0) is 20.2. The van der Waals surface area contributed by atoms with E-state index in [1.165, 1.54) is 10.8 Å². The van der Waals surface area contributed by atoms with Gasteiger partial charge in [0.2, 0.25) is 5.91 Å². The molecule has 2 heterocycles. The van der Waals surface area contributed by atoms with E-state index in [4.69, 9.17) is 11.6 Å². The van der Waals surface area contributed by atoms with E-state index in [0.717, 1.165) is 24.0 Å². The van der Waals surface area contributed by atoms with Crippen LogP contribution >= 0.6 is 11.6 Å². The third-order valence-corrected chi connectivity index (χ3v) is 4.99. The topological polar surface area (TPSA) is 81.8 Å². The van der Waals surface area contributed by atoms with Crippen molar-refractivity contribution in [3.8, 4) is 11.4 Å². The zero-order valence-electron chi connectivity index (χ0n) is 15.7. The van der Waals surface area contributed by atoms with Gasteiger partial charge in [0.25, 0.3) is 0 Å². The SMILES string of the molecule is O=C(/C=C/c1ccccc1Cl)NCCn1nc(-c2cccnc2)n(C2CC2)c1=O. The number of carbonyl (C=O) groups is 1. The Morgan fingerprint density at radius 1 is 1.24 bits per heavy atom. The number of halogens is 1. The summed E-state index contributed by atoms with van der Waals surface area (Å²) in [4.78, 5) is 28.9. The number of benzene rings is 1. The minimum absolute atomic E-state index is 0.160. The first-order valence-electron chi connectivity index (χ1n) is 9.43. The molecule has 0 atom stereocenters. The van der Waals surface area contributed by atoms with Crippen molar-refractivity contribution in [1.82, 2.24) is 24.6 Å². The third kappa shape index (κ3) is 4.46. The number of pyridine rings is 1. The van der Waals surface area contributed by atoms with E-state index in [-0.39, 0.29) is 24.2 Å². The fourth-order valence-electron chi connectivity index (χ4n) is 3.04. The Bertz CT molecular complexity index is 1100.